The van der Waals surface area contributed by atoms with Crippen LogP contribution in [0.3, 0.4) is 0 Å². The highest BCUT2D eigenvalue weighted by molar-refractivity contribution is 6.05. The minimum atomic E-state index is -0.581. The van der Waals surface area contributed by atoms with E-state index in [1.54, 1.807) is 4.90 Å². The van der Waals surface area contributed by atoms with Crippen molar-refractivity contribution in [1.29, 1.82) is 0 Å². The molecule has 164 valence electrons. The smallest absolute Gasteiger partial charge is 0.255 e. The van der Waals surface area contributed by atoms with Crippen molar-refractivity contribution in [3.8, 4) is 0 Å². The van der Waals surface area contributed by atoms with Gasteiger partial charge in [0.2, 0.25) is 11.8 Å². The van der Waals surface area contributed by atoms with E-state index >= 15 is 0 Å². The fourth-order valence-electron chi connectivity index (χ4n) is 4.60. The number of nitrogens with one attached hydrogen (secondary N) is 3. The van der Waals surface area contributed by atoms with Gasteiger partial charge in [0.05, 0.1) is 0 Å². The van der Waals surface area contributed by atoms with Crippen molar-refractivity contribution in [3.05, 3.63) is 70.8 Å². The van der Waals surface area contributed by atoms with Gasteiger partial charge in [-0.2, -0.15) is 0 Å². The SMILES string of the molecule is O=C1CCC(N2Cc3ccc(CNc4ccc(C5=CCNCC5)cc4)cc3C2=O)C(=O)N1. The summed E-state index contributed by atoms with van der Waals surface area (Å²) in [6.07, 6.45) is 3.93. The van der Waals surface area contributed by atoms with Gasteiger partial charge in [0.15, 0.2) is 0 Å². The molecule has 1 atom stereocenters. The number of imide groups is 1. The van der Waals surface area contributed by atoms with Crippen LogP contribution in [0.4, 0.5) is 5.69 Å². The normalized spacial score (nSPS) is 20.6. The molecule has 1 unspecified atom stereocenters. The zero-order valence-corrected chi connectivity index (χ0v) is 17.8. The average Bonchev–Trinajstić information content (AvgIpc) is 3.14. The summed E-state index contributed by atoms with van der Waals surface area (Å²) >= 11 is 0. The van der Waals surface area contributed by atoms with Crippen molar-refractivity contribution in [2.45, 2.75) is 38.4 Å². The van der Waals surface area contributed by atoms with Gasteiger partial charge in [0.1, 0.15) is 6.04 Å². The van der Waals surface area contributed by atoms with Gasteiger partial charge in [-0.05, 0) is 59.8 Å². The van der Waals surface area contributed by atoms with E-state index < -0.39 is 6.04 Å². The third-order valence-electron chi connectivity index (χ3n) is 6.41. The van der Waals surface area contributed by atoms with Crippen molar-refractivity contribution < 1.29 is 14.4 Å². The van der Waals surface area contributed by atoms with Gasteiger partial charge in [0, 0.05) is 37.3 Å². The van der Waals surface area contributed by atoms with Crippen molar-refractivity contribution >= 4 is 29.0 Å². The van der Waals surface area contributed by atoms with Crippen LogP contribution in [0.2, 0.25) is 0 Å². The van der Waals surface area contributed by atoms with E-state index in [2.05, 4.69) is 46.3 Å². The van der Waals surface area contributed by atoms with Crippen molar-refractivity contribution in [3.63, 3.8) is 0 Å². The van der Waals surface area contributed by atoms with Crippen LogP contribution in [0.25, 0.3) is 5.57 Å². The Morgan fingerprint density at radius 3 is 2.62 bits per heavy atom. The predicted molar refractivity (Wildman–Crippen MR) is 122 cm³/mol. The number of piperidine rings is 1. The summed E-state index contributed by atoms with van der Waals surface area (Å²) in [5.41, 5.74) is 6.24. The largest absolute Gasteiger partial charge is 0.381 e. The summed E-state index contributed by atoms with van der Waals surface area (Å²) in [5, 5.41) is 9.10. The van der Waals surface area contributed by atoms with Crippen LogP contribution < -0.4 is 16.0 Å². The Hall–Kier alpha value is -3.45. The maximum atomic E-state index is 13.0. The topological polar surface area (TPSA) is 90.5 Å². The molecular weight excluding hydrogens is 404 g/mol. The first kappa shape index (κ1) is 20.5. The molecule has 3 amide bonds. The molecule has 0 radical (unpaired) electrons. The number of amides is 3. The van der Waals surface area contributed by atoms with Crippen molar-refractivity contribution in [2.24, 2.45) is 0 Å². The number of hydrogen-bond donors (Lipinski definition) is 3. The molecule has 3 aliphatic heterocycles. The highest BCUT2D eigenvalue weighted by Gasteiger charge is 2.39. The van der Waals surface area contributed by atoms with Crippen LogP contribution in [0, 0.1) is 0 Å². The summed E-state index contributed by atoms with van der Waals surface area (Å²) in [6, 6.07) is 13.8. The molecule has 3 aliphatic rings. The molecule has 0 bridgehead atoms. The van der Waals surface area contributed by atoms with Gasteiger partial charge in [-0.3, -0.25) is 19.7 Å². The number of benzene rings is 2. The molecule has 2 aromatic carbocycles. The third-order valence-corrected chi connectivity index (χ3v) is 6.41. The molecular formula is C25H26N4O3. The molecule has 0 saturated carbocycles. The maximum absolute atomic E-state index is 13.0. The van der Waals surface area contributed by atoms with E-state index in [0.29, 0.717) is 25.1 Å². The Kier molecular flexibility index (Phi) is 5.49. The van der Waals surface area contributed by atoms with Crippen LogP contribution in [-0.4, -0.2) is 41.8 Å². The zero-order valence-electron chi connectivity index (χ0n) is 17.8. The number of carbonyl (C=O) groups excluding carboxylic acids is 3. The predicted octanol–water partition coefficient (Wildman–Crippen LogP) is 2.44. The van der Waals surface area contributed by atoms with Crippen LogP contribution >= 0.6 is 0 Å². The molecule has 0 aliphatic carbocycles. The van der Waals surface area contributed by atoms with E-state index in [9.17, 15) is 14.4 Å². The second kappa shape index (κ2) is 8.59. The molecule has 5 rings (SSSR count). The summed E-state index contributed by atoms with van der Waals surface area (Å²) < 4.78 is 0. The van der Waals surface area contributed by atoms with Crippen molar-refractivity contribution in [2.75, 3.05) is 18.4 Å². The van der Waals surface area contributed by atoms with Gasteiger partial charge in [-0.15, -0.1) is 0 Å². The van der Waals surface area contributed by atoms with Crippen molar-refractivity contribution in [1.82, 2.24) is 15.5 Å². The Balaban J connectivity index is 1.23. The molecule has 3 heterocycles. The lowest BCUT2D eigenvalue weighted by Gasteiger charge is -2.29. The summed E-state index contributed by atoms with van der Waals surface area (Å²) in [5.74, 6) is -0.798. The molecule has 0 aromatic heterocycles. The Morgan fingerprint density at radius 2 is 1.88 bits per heavy atom. The molecule has 7 nitrogen and oxygen atoms in total. The Bertz CT molecular complexity index is 1110. The van der Waals surface area contributed by atoms with Crippen LogP contribution in [0.5, 0.6) is 0 Å². The number of hydrogen-bond acceptors (Lipinski definition) is 5. The first-order valence-electron chi connectivity index (χ1n) is 11.1. The van der Waals surface area contributed by atoms with Gasteiger partial charge >= 0.3 is 0 Å². The second-order valence-corrected chi connectivity index (χ2v) is 8.51. The fourth-order valence-corrected chi connectivity index (χ4v) is 4.60. The minimum absolute atomic E-state index is 0.143. The van der Waals surface area contributed by atoms with Crippen LogP contribution in [-0.2, 0) is 22.7 Å². The molecule has 0 spiro atoms. The number of nitrogens with zero attached hydrogens (tertiary/aromatic N) is 1. The fraction of sp³-hybridized carbons (Fsp3) is 0.320. The number of fused-ring (bicyclic) bond motifs is 1. The van der Waals surface area contributed by atoms with E-state index in [1.807, 2.05) is 18.2 Å². The summed E-state index contributed by atoms with van der Waals surface area (Å²) in [6.45, 7) is 2.95. The highest BCUT2D eigenvalue weighted by Crippen LogP contribution is 2.28. The first-order chi connectivity index (χ1) is 15.6. The summed E-state index contributed by atoms with van der Waals surface area (Å²) in [4.78, 5) is 38.2. The molecule has 1 saturated heterocycles. The summed E-state index contributed by atoms with van der Waals surface area (Å²) in [7, 11) is 0. The molecule has 1 fully saturated rings. The van der Waals surface area contributed by atoms with Crippen LogP contribution in [0.1, 0.15) is 46.3 Å². The Labute approximate surface area is 186 Å². The van der Waals surface area contributed by atoms with E-state index in [0.717, 1.165) is 36.3 Å². The monoisotopic (exact) mass is 430 g/mol. The lowest BCUT2D eigenvalue weighted by Crippen LogP contribution is -2.52. The highest BCUT2D eigenvalue weighted by atomic mass is 16.2. The zero-order chi connectivity index (χ0) is 22.1. The minimum Gasteiger partial charge on any atom is -0.381 e. The lowest BCUT2D eigenvalue weighted by atomic mass is 10.00. The first-order valence-corrected chi connectivity index (χ1v) is 11.1. The van der Waals surface area contributed by atoms with Gasteiger partial charge in [-0.25, -0.2) is 0 Å². The number of anilines is 1. The molecule has 3 N–H and O–H groups in total. The molecule has 2 aromatic rings. The number of carbonyl (C=O) groups is 3. The molecule has 7 heteroatoms. The third kappa shape index (κ3) is 4.03. The maximum Gasteiger partial charge on any atom is 0.255 e. The van der Waals surface area contributed by atoms with Gasteiger partial charge in [-0.1, -0.05) is 30.3 Å². The van der Waals surface area contributed by atoms with E-state index in [-0.39, 0.29) is 24.1 Å². The average molecular weight is 431 g/mol. The van der Waals surface area contributed by atoms with Crippen LogP contribution in [0.15, 0.2) is 48.5 Å². The second-order valence-electron chi connectivity index (χ2n) is 8.51. The number of rotatable bonds is 5. The van der Waals surface area contributed by atoms with E-state index in [1.165, 1.54) is 11.1 Å². The van der Waals surface area contributed by atoms with Gasteiger partial charge < -0.3 is 15.5 Å². The Morgan fingerprint density at radius 1 is 1.03 bits per heavy atom. The lowest BCUT2D eigenvalue weighted by molar-refractivity contribution is -0.136. The van der Waals surface area contributed by atoms with Gasteiger partial charge in [0.25, 0.3) is 5.91 Å². The quantitative estimate of drug-likeness (QED) is 0.634. The standard InChI is InChI=1S/C25H26N4O3/c30-23-8-7-22(24(31)28-23)29-15-19-2-1-16(13-21(19)25(29)32)14-27-20-5-3-17(4-6-20)18-9-11-26-12-10-18/h1-6,9,13,22,26-27H,7-8,10-12,14-15H2,(H,28,30,31). The van der Waals surface area contributed by atoms with E-state index in [4.69, 9.17) is 0 Å². The molecule has 32 heavy (non-hydrogen) atoms.